The number of nitrogens with two attached hydrogens (primary N) is 1. The van der Waals surface area contributed by atoms with Crippen LogP contribution in [0, 0.1) is 12.8 Å². The molecule has 0 amide bonds. The van der Waals surface area contributed by atoms with E-state index in [0.29, 0.717) is 18.5 Å². The molecule has 0 fully saturated rings. The van der Waals surface area contributed by atoms with Crippen LogP contribution in [-0.4, -0.2) is 12.6 Å². The van der Waals surface area contributed by atoms with Gasteiger partial charge in [0.15, 0.2) is 0 Å². The molecular weight excluding hydrogens is 276 g/mol. The lowest BCUT2D eigenvalue weighted by atomic mass is 9.94. The first-order chi connectivity index (χ1) is 8.10. The Labute approximate surface area is 113 Å². The summed E-state index contributed by atoms with van der Waals surface area (Å²) in [4.78, 5) is 0. The van der Waals surface area contributed by atoms with E-state index >= 15 is 0 Å². The Balaban J connectivity index is 2.79. The van der Waals surface area contributed by atoms with Gasteiger partial charge in [-0.25, -0.2) is 0 Å². The molecule has 3 N–H and O–H groups in total. The van der Waals surface area contributed by atoms with Gasteiger partial charge in [0.25, 0.3) is 0 Å². The van der Waals surface area contributed by atoms with Crippen molar-refractivity contribution < 1.29 is 0 Å². The number of hydrogen-bond acceptors (Lipinski definition) is 2. The first-order valence-corrected chi connectivity index (χ1v) is 7.13. The Hall–Kier alpha value is -0.540. The summed E-state index contributed by atoms with van der Waals surface area (Å²) in [6, 6.07) is 6.74. The van der Waals surface area contributed by atoms with Gasteiger partial charge in [0.05, 0.1) is 0 Å². The second kappa shape index (κ2) is 7.02. The summed E-state index contributed by atoms with van der Waals surface area (Å²) < 4.78 is 1.11. The first-order valence-electron chi connectivity index (χ1n) is 6.34. The van der Waals surface area contributed by atoms with Gasteiger partial charge in [-0.2, -0.15) is 0 Å². The SMILES string of the molecule is CCC(CC)C(CN)Nc1cc(C)cc(Br)c1. The maximum atomic E-state index is 5.87. The Morgan fingerprint density at radius 3 is 2.35 bits per heavy atom. The Morgan fingerprint density at radius 1 is 1.24 bits per heavy atom. The standard InChI is InChI=1S/C14H23BrN2/c1-4-11(5-2)14(9-16)17-13-7-10(3)6-12(15)8-13/h6-8,11,14,17H,4-5,9,16H2,1-3H3. The van der Waals surface area contributed by atoms with Crippen LogP contribution in [0.1, 0.15) is 32.3 Å². The van der Waals surface area contributed by atoms with Crippen LogP contribution >= 0.6 is 15.9 Å². The Morgan fingerprint density at radius 2 is 1.88 bits per heavy atom. The van der Waals surface area contributed by atoms with Crippen molar-refractivity contribution in [2.45, 2.75) is 39.7 Å². The fourth-order valence-corrected chi connectivity index (χ4v) is 2.87. The van der Waals surface area contributed by atoms with E-state index in [2.05, 4.69) is 60.2 Å². The molecule has 0 radical (unpaired) electrons. The summed E-state index contributed by atoms with van der Waals surface area (Å²) in [6.45, 7) is 7.23. The normalized spacial score (nSPS) is 12.8. The number of anilines is 1. The predicted octanol–water partition coefficient (Wildman–Crippen LogP) is 3.93. The van der Waals surface area contributed by atoms with Gasteiger partial charge in [-0.3, -0.25) is 0 Å². The van der Waals surface area contributed by atoms with Crippen LogP contribution in [0.25, 0.3) is 0 Å². The largest absolute Gasteiger partial charge is 0.381 e. The minimum atomic E-state index is 0.360. The third kappa shape index (κ3) is 4.32. The molecule has 0 spiro atoms. The summed E-state index contributed by atoms with van der Waals surface area (Å²) >= 11 is 3.52. The lowest BCUT2D eigenvalue weighted by molar-refractivity contribution is 0.422. The third-order valence-corrected chi connectivity index (χ3v) is 3.72. The highest BCUT2D eigenvalue weighted by molar-refractivity contribution is 9.10. The van der Waals surface area contributed by atoms with Gasteiger partial charge in [-0.05, 0) is 36.6 Å². The smallest absolute Gasteiger partial charge is 0.0411 e. The second-order valence-corrected chi connectivity index (χ2v) is 5.50. The molecule has 1 unspecified atom stereocenters. The molecule has 0 aliphatic carbocycles. The predicted molar refractivity (Wildman–Crippen MR) is 79.4 cm³/mol. The van der Waals surface area contributed by atoms with Crippen molar-refractivity contribution in [3.05, 3.63) is 28.2 Å². The topological polar surface area (TPSA) is 38.0 Å². The Kier molecular flexibility index (Phi) is 6.00. The molecular formula is C14H23BrN2. The maximum Gasteiger partial charge on any atom is 0.0411 e. The molecule has 2 nitrogen and oxygen atoms in total. The first kappa shape index (κ1) is 14.5. The monoisotopic (exact) mass is 298 g/mol. The van der Waals surface area contributed by atoms with Crippen LogP contribution in [0.15, 0.2) is 22.7 Å². The molecule has 0 saturated heterocycles. The average molecular weight is 299 g/mol. The summed E-state index contributed by atoms with van der Waals surface area (Å²) in [7, 11) is 0. The van der Waals surface area contributed by atoms with Crippen molar-refractivity contribution in [3.8, 4) is 0 Å². The van der Waals surface area contributed by atoms with Gasteiger partial charge in [-0.15, -0.1) is 0 Å². The molecule has 1 aromatic carbocycles. The van der Waals surface area contributed by atoms with E-state index in [1.54, 1.807) is 0 Å². The lowest BCUT2D eigenvalue weighted by Gasteiger charge is -2.26. The van der Waals surface area contributed by atoms with Crippen molar-refractivity contribution in [3.63, 3.8) is 0 Å². The number of rotatable bonds is 6. The van der Waals surface area contributed by atoms with E-state index < -0.39 is 0 Å². The quantitative estimate of drug-likeness (QED) is 0.835. The number of nitrogens with one attached hydrogen (secondary N) is 1. The van der Waals surface area contributed by atoms with Crippen LogP contribution < -0.4 is 11.1 Å². The van der Waals surface area contributed by atoms with Crippen LogP contribution in [0.4, 0.5) is 5.69 Å². The molecule has 1 rings (SSSR count). The minimum absolute atomic E-state index is 0.360. The van der Waals surface area contributed by atoms with E-state index in [4.69, 9.17) is 5.73 Å². The molecule has 0 aromatic heterocycles. The van der Waals surface area contributed by atoms with Gasteiger partial charge in [0.1, 0.15) is 0 Å². The molecule has 0 aliphatic rings. The maximum absolute atomic E-state index is 5.87. The van der Waals surface area contributed by atoms with E-state index in [1.165, 1.54) is 18.4 Å². The molecule has 17 heavy (non-hydrogen) atoms. The van der Waals surface area contributed by atoms with Crippen molar-refractivity contribution in [2.75, 3.05) is 11.9 Å². The number of hydrogen-bond donors (Lipinski definition) is 2. The molecule has 3 heteroatoms. The van der Waals surface area contributed by atoms with E-state index in [1.807, 2.05) is 0 Å². The molecule has 96 valence electrons. The van der Waals surface area contributed by atoms with Crippen molar-refractivity contribution in [1.82, 2.24) is 0 Å². The van der Waals surface area contributed by atoms with Gasteiger partial charge < -0.3 is 11.1 Å². The molecule has 0 saturated carbocycles. The summed E-state index contributed by atoms with van der Waals surface area (Å²) in [5, 5.41) is 3.56. The van der Waals surface area contributed by atoms with Crippen LogP contribution in [0.5, 0.6) is 0 Å². The van der Waals surface area contributed by atoms with E-state index in [0.717, 1.165) is 10.2 Å². The zero-order valence-electron chi connectivity index (χ0n) is 11.0. The Bertz CT molecular complexity index is 328. The minimum Gasteiger partial charge on any atom is -0.381 e. The van der Waals surface area contributed by atoms with E-state index in [9.17, 15) is 0 Å². The van der Waals surface area contributed by atoms with Crippen LogP contribution in [0.2, 0.25) is 0 Å². The lowest BCUT2D eigenvalue weighted by Crippen LogP contribution is -2.35. The molecule has 1 atom stereocenters. The van der Waals surface area contributed by atoms with Crippen LogP contribution in [0.3, 0.4) is 0 Å². The highest BCUT2D eigenvalue weighted by Gasteiger charge is 2.16. The van der Waals surface area contributed by atoms with Gasteiger partial charge in [0.2, 0.25) is 0 Å². The summed E-state index contributed by atoms with van der Waals surface area (Å²) in [6.07, 6.45) is 2.33. The number of halogens is 1. The fourth-order valence-electron chi connectivity index (χ4n) is 2.26. The van der Waals surface area contributed by atoms with E-state index in [-0.39, 0.29) is 0 Å². The summed E-state index contributed by atoms with van der Waals surface area (Å²) in [5.41, 5.74) is 8.28. The number of benzene rings is 1. The molecule has 0 aliphatic heterocycles. The van der Waals surface area contributed by atoms with Gasteiger partial charge in [-0.1, -0.05) is 42.6 Å². The zero-order chi connectivity index (χ0) is 12.8. The highest BCUT2D eigenvalue weighted by atomic mass is 79.9. The zero-order valence-corrected chi connectivity index (χ0v) is 12.5. The fraction of sp³-hybridized carbons (Fsp3) is 0.571. The molecule has 0 heterocycles. The van der Waals surface area contributed by atoms with Crippen molar-refractivity contribution >= 4 is 21.6 Å². The third-order valence-electron chi connectivity index (χ3n) is 3.27. The molecule has 0 bridgehead atoms. The summed E-state index contributed by atoms with van der Waals surface area (Å²) in [5.74, 6) is 0.638. The highest BCUT2D eigenvalue weighted by Crippen LogP contribution is 2.22. The van der Waals surface area contributed by atoms with Crippen molar-refractivity contribution in [2.24, 2.45) is 11.7 Å². The average Bonchev–Trinajstić information content (AvgIpc) is 2.27. The van der Waals surface area contributed by atoms with Crippen LogP contribution in [-0.2, 0) is 0 Å². The number of aryl methyl sites for hydroxylation is 1. The van der Waals surface area contributed by atoms with Crippen molar-refractivity contribution in [1.29, 1.82) is 0 Å². The molecule has 1 aromatic rings. The second-order valence-electron chi connectivity index (χ2n) is 4.58. The van der Waals surface area contributed by atoms with Gasteiger partial charge in [0, 0.05) is 22.7 Å². The van der Waals surface area contributed by atoms with Gasteiger partial charge >= 0.3 is 0 Å².